The van der Waals surface area contributed by atoms with Crippen LogP contribution in [0.5, 0.6) is 0 Å². The van der Waals surface area contributed by atoms with Crippen LogP contribution in [0.15, 0.2) is 43.0 Å². The Kier molecular flexibility index (Phi) is 7.84. The highest BCUT2D eigenvalue weighted by molar-refractivity contribution is 5.62. The molecule has 34 heavy (non-hydrogen) atoms. The van der Waals surface area contributed by atoms with Gasteiger partial charge < -0.3 is 50.0 Å². The van der Waals surface area contributed by atoms with E-state index in [1.807, 2.05) is 6.07 Å². The first-order valence-electron chi connectivity index (χ1n) is 10.8. The molecule has 186 valence electrons. The molecule has 3 heterocycles. The highest BCUT2D eigenvalue weighted by atomic mass is 16.7. The van der Waals surface area contributed by atoms with E-state index in [0.717, 1.165) is 11.1 Å². The van der Waals surface area contributed by atoms with Crippen LogP contribution in [-0.2, 0) is 14.2 Å². The van der Waals surface area contributed by atoms with Crippen molar-refractivity contribution in [3.8, 4) is 11.1 Å². The van der Waals surface area contributed by atoms with Gasteiger partial charge in [0.05, 0.1) is 13.2 Å². The number of nitrogens with zero attached hydrogens (tertiary/aromatic N) is 2. The lowest BCUT2D eigenvalue weighted by molar-refractivity contribution is -0.342. The van der Waals surface area contributed by atoms with Gasteiger partial charge in [-0.15, -0.1) is 0 Å². The highest BCUT2D eigenvalue weighted by Crippen LogP contribution is 2.36. The number of aliphatic hydroxyl groups is 7. The molecular weight excluding hydrogens is 452 g/mol. The average molecular weight is 480 g/mol. The zero-order valence-corrected chi connectivity index (χ0v) is 18.0. The van der Waals surface area contributed by atoms with Gasteiger partial charge in [0.1, 0.15) is 61.3 Å². The third-order valence-corrected chi connectivity index (χ3v) is 6.11. The van der Waals surface area contributed by atoms with Gasteiger partial charge in [-0.05, 0) is 17.2 Å². The van der Waals surface area contributed by atoms with Crippen LogP contribution in [0.1, 0.15) is 11.7 Å². The van der Waals surface area contributed by atoms with Crippen molar-refractivity contribution in [3.05, 3.63) is 48.5 Å². The van der Waals surface area contributed by atoms with E-state index in [-0.39, 0.29) is 0 Å². The minimum absolute atomic E-state index is 0.515. The summed E-state index contributed by atoms with van der Waals surface area (Å²) in [6.45, 7) is -1.26. The van der Waals surface area contributed by atoms with Gasteiger partial charge in [0, 0.05) is 18.0 Å². The smallest absolute Gasteiger partial charge is 0.187 e. The molecule has 0 unspecified atom stereocenters. The second kappa shape index (κ2) is 10.7. The van der Waals surface area contributed by atoms with Gasteiger partial charge in [0.25, 0.3) is 0 Å². The molecule has 0 amide bonds. The van der Waals surface area contributed by atoms with E-state index < -0.39 is 74.4 Å². The van der Waals surface area contributed by atoms with E-state index in [1.54, 1.807) is 30.6 Å². The maximum atomic E-state index is 11.1. The van der Waals surface area contributed by atoms with E-state index in [0.29, 0.717) is 5.56 Å². The summed E-state index contributed by atoms with van der Waals surface area (Å²) in [5, 5.41) is 71.2. The van der Waals surface area contributed by atoms with Crippen LogP contribution in [0, 0.1) is 0 Å². The van der Waals surface area contributed by atoms with Crippen LogP contribution in [0.4, 0.5) is 0 Å². The van der Waals surface area contributed by atoms with Crippen LogP contribution >= 0.6 is 0 Å². The molecule has 0 aliphatic carbocycles. The summed E-state index contributed by atoms with van der Waals surface area (Å²) in [4.78, 5) is 7.98. The Morgan fingerprint density at radius 3 is 2.12 bits per heavy atom. The van der Waals surface area contributed by atoms with Crippen molar-refractivity contribution >= 4 is 0 Å². The summed E-state index contributed by atoms with van der Waals surface area (Å²) >= 11 is 0. The summed E-state index contributed by atoms with van der Waals surface area (Å²) in [5.41, 5.74) is 1.98. The van der Waals surface area contributed by atoms with Gasteiger partial charge in [-0.1, -0.05) is 18.2 Å². The van der Waals surface area contributed by atoms with Crippen LogP contribution in [-0.4, -0.2) is 114 Å². The van der Waals surface area contributed by atoms with E-state index in [4.69, 9.17) is 14.2 Å². The molecule has 2 aliphatic rings. The maximum absolute atomic E-state index is 11.1. The number of hydrogen-bond donors (Lipinski definition) is 7. The van der Waals surface area contributed by atoms with Crippen molar-refractivity contribution in [2.45, 2.75) is 61.2 Å². The van der Waals surface area contributed by atoms with Crippen molar-refractivity contribution in [2.24, 2.45) is 0 Å². The van der Waals surface area contributed by atoms with Gasteiger partial charge in [0.2, 0.25) is 0 Å². The lowest BCUT2D eigenvalue weighted by Crippen LogP contribution is -2.63. The van der Waals surface area contributed by atoms with Gasteiger partial charge >= 0.3 is 0 Å². The first kappa shape index (κ1) is 25.0. The molecule has 2 aliphatic heterocycles. The number of benzene rings is 1. The minimum atomic E-state index is -1.73. The highest BCUT2D eigenvalue weighted by Gasteiger charge is 2.50. The van der Waals surface area contributed by atoms with Crippen molar-refractivity contribution < 1.29 is 50.0 Å². The monoisotopic (exact) mass is 480 g/mol. The average Bonchev–Trinajstić information content (AvgIpc) is 2.87. The molecule has 1 aromatic heterocycles. The normalized spacial score (nSPS) is 38.6. The molecule has 12 heteroatoms. The van der Waals surface area contributed by atoms with E-state index in [2.05, 4.69) is 9.97 Å². The fourth-order valence-corrected chi connectivity index (χ4v) is 4.20. The molecule has 1 aromatic carbocycles. The van der Waals surface area contributed by atoms with Crippen LogP contribution in [0.25, 0.3) is 11.1 Å². The Labute approximate surface area is 194 Å². The molecule has 2 fully saturated rings. The Morgan fingerprint density at radius 2 is 1.44 bits per heavy atom. The standard InChI is InChI=1S/C22H28N2O10/c25-7-13-15(27)17(29)18(30)22(33-13)34-21-16(28)14(8-26)32-20(19(21)31)11-3-1-2-10(4-11)12-5-23-9-24-6-12/h1-6,9,13-22,25-31H,7-8H2/t13-,14-,15-,16-,17+,18+,19-,20-,21+,22-/m1/s1. The number of hydrogen-bond acceptors (Lipinski definition) is 12. The fraction of sp³-hybridized carbons (Fsp3) is 0.545. The van der Waals surface area contributed by atoms with Crippen LogP contribution in [0.3, 0.4) is 0 Å². The molecule has 4 rings (SSSR count). The Morgan fingerprint density at radius 1 is 0.765 bits per heavy atom. The van der Waals surface area contributed by atoms with Crippen molar-refractivity contribution in [3.63, 3.8) is 0 Å². The molecule has 0 bridgehead atoms. The molecule has 0 spiro atoms. The zero-order chi connectivity index (χ0) is 24.4. The summed E-state index contributed by atoms with van der Waals surface area (Å²) in [6, 6.07) is 6.99. The number of aromatic nitrogens is 2. The second-order valence-corrected chi connectivity index (χ2v) is 8.31. The Bertz CT molecular complexity index is 935. The SMILES string of the molecule is OC[C@H]1O[C@H](O[C@@H]2[C@H](O)[C@@H](c3cccc(-c4cncnc4)c3)O[C@H](CO)[C@H]2O)[C@@H](O)[C@@H](O)[C@@H]1O. The largest absolute Gasteiger partial charge is 0.394 e. The lowest BCUT2D eigenvalue weighted by atomic mass is 9.89. The van der Waals surface area contributed by atoms with E-state index in [1.165, 1.54) is 6.33 Å². The third-order valence-electron chi connectivity index (χ3n) is 6.11. The van der Waals surface area contributed by atoms with Crippen molar-refractivity contribution in [2.75, 3.05) is 13.2 Å². The molecular formula is C22H28N2O10. The van der Waals surface area contributed by atoms with Crippen molar-refractivity contribution in [1.29, 1.82) is 0 Å². The van der Waals surface area contributed by atoms with E-state index >= 15 is 0 Å². The molecule has 0 radical (unpaired) electrons. The molecule has 2 saturated heterocycles. The van der Waals surface area contributed by atoms with Gasteiger partial charge in [-0.25, -0.2) is 9.97 Å². The van der Waals surface area contributed by atoms with Crippen LogP contribution < -0.4 is 0 Å². The minimum Gasteiger partial charge on any atom is -0.394 e. The first-order chi connectivity index (χ1) is 16.3. The van der Waals surface area contributed by atoms with E-state index in [9.17, 15) is 35.7 Å². The summed E-state index contributed by atoms with van der Waals surface area (Å²) in [7, 11) is 0. The zero-order valence-electron chi connectivity index (χ0n) is 18.0. The molecule has 10 atom stereocenters. The van der Waals surface area contributed by atoms with Gasteiger partial charge in [-0.2, -0.15) is 0 Å². The van der Waals surface area contributed by atoms with Crippen LogP contribution in [0.2, 0.25) is 0 Å². The summed E-state index contributed by atoms with van der Waals surface area (Å²) in [6.07, 6.45) is -9.79. The molecule has 7 N–H and O–H groups in total. The number of aliphatic hydroxyl groups excluding tert-OH is 7. The van der Waals surface area contributed by atoms with Crippen molar-refractivity contribution in [1.82, 2.24) is 9.97 Å². The summed E-state index contributed by atoms with van der Waals surface area (Å²) in [5.74, 6) is 0. The topological polar surface area (TPSA) is 195 Å². The predicted molar refractivity (Wildman–Crippen MR) is 113 cm³/mol. The summed E-state index contributed by atoms with van der Waals surface area (Å²) < 4.78 is 16.8. The fourth-order valence-electron chi connectivity index (χ4n) is 4.20. The Balaban J connectivity index is 1.59. The third kappa shape index (κ3) is 4.83. The Hall–Kier alpha value is -2.10. The number of ether oxygens (including phenoxy) is 3. The number of rotatable bonds is 6. The predicted octanol–water partition coefficient (Wildman–Crippen LogP) is -2.52. The molecule has 2 aromatic rings. The van der Waals surface area contributed by atoms with Gasteiger partial charge in [0.15, 0.2) is 6.29 Å². The first-order valence-corrected chi connectivity index (χ1v) is 10.8. The maximum Gasteiger partial charge on any atom is 0.187 e. The second-order valence-electron chi connectivity index (χ2n) is 8.31. The quantitative estimate of drug-likeness (QED) is 0.230. The molecule has 0 saturated carbocycles. The molecule has 12 nitrogen and oxygen atoms in total. The lowest BCUT2D eigenvalue weighted by Gasteiger charge is -2.46. The van der Waals surface area contributed by atoms with Gasteiger partial charge in [-0.3, -0.25) is 0 Å².